The Bertz CT molecular complexity index is 338. The van der Waals surface area contributed by atoms with E-state index in [1.165, 1.54) is 12.1 Å². The summed E-state index contributed by atoms with van der Waals surface area (Å²) in [4.78, 5) is 10.7. The Morgan fingerprint density at radius 3 is 3.17 bits per heavy atom. The average molecular weight is 167 g/mol. The fourth-order valence-electron chi connectivity index (χ4n) is 1.10. The van der Waals surface area contributed by atoms with Crippen molar-refractivity contribution in [1.82, 2.24) is 5.32 Å². The van der Waals surface area contributed by atoms with E-state index in [9.17, 15) is 9.18 Å². The van der Waals surface area contributed by atoms with Crippen LogP contribution in [0.15, 0.2) is 18.2 Å². The van der Waals surface area contributed by atoms with Gasteiger partial charge in [-0.25, -0.2) is 9.18 Å². The third-order valence-electron chi connectivity index (χ3n) is 1.69. The Hall–Kier alpha value is -1.58. The van der Waals surface area contributed by atoms with E-state index in [1.807, 2.05) is 0 Å². The largest absolute Gasteiger partial charge is 0.412 e. The van der Waals surface area contributed by atoms with Crippen LogP contribution in [-0.2, 0) is 6.54 Å². The second-order valence-electron chi connectivity index (χ2n) is 2.46. The molecule has 0 bridgehead atoms. The molecular formula is C8H6FNO2. The lowest BCUT2D eigenvalue weighted by atomic mass is 10.2. The van der Waals surface area contributed by atoms with Crippen molar-refractivity contribution in [2.75, 3.05) is 0 Å². The van der Waals surface area contributed by atoms with Crippen molar-refractivity contribution in [1.29, 1.82) is 0 Å². The van der Waals surface area contributed by atoms with Crippen LogP contribution in [0.3, 0.4) is 0 Å². The van der Waals surface area contributed by atoms with Gasteiger partial charge in [0.15, 0.2) is 0 Å². The molecule has 0 spiro atoms. The van der Waals surface area contributed by atoms with Gasteiger partial charge in [0, 0.05) is 5.56 Å². The molecule has 1 amide bonds. The lowest BCUT2D eigenvalue weighted by Crippen LogP contribution is -2.31. The minimum Gasteiger partial charge on any atom is -0.410 e. The number of carbonyl (C=O) groups excluding carboxylic acids is 1. The van der Waals surface area contributed by atoms with Gasteiger partial charge in [0.25, 0.3) is 0 Å². The molecule has 0 saturated heterocycles. The van der Waals surface area contributed by atoms with Crippen LogP contribution < -0.4 is 10.1 Å². The number of amides is 1. The third-order valence-corrected chi connectivity index (χ3v) is 1.69. The van der Waals surface area contributed by atoms with Crippen LogP contribution in [0.2, 0.25) is 0 Å². The zero-order valence-electron chi connectivity index (χ0n) is 6.13. The Labute approximate surface area is 68.1 Å². The summed E-state index contributed by atoms with van der Waals surface area (Å²) in [6.45, 7) is 0.195. The molecule has 0 unspecified atom stereocenters. The van der Waals surface area contributed by atoms with Crippen LogP contribution in [0.1, 0.15) is 5.56 Å². The van der Waals surface area contributed by atoms with Gasteiger partial charge in [-0.3, -0.25) is 0 Å². The van der Waals surface area contributed by atoms with E-state index < -0.39 is 6.09 Å². The van der Waals surface area contributed by atoms with Crippen molar-refractivity contribution in [3.63, 3.8) is 0 Å². The molecule has 1 aliphatic rings. The highest BCUT2D eigenvalue weighted by Crippen LogP contribution is 2.23. The highest BCUT2D eigenvalue weighted by atomic mass is 19.1. The quantitative estimate of drug-likeness (QED) is 0.634. The summed E-state index contributed by atoms with van der Waals surface area (Å²) in [5.41, 5.74) is 0.400. The molecule has 1 aliphatic heterocycles. The predicted octanol–water partition coefficient (Wildman–Crippen LogP) is 1.43. The summed E-state index contributed by atoms with van der Waals surface area (Å²) < 4.78 is 17.7. The fourth-order valence-corrected chi connectivity index (χ4v) is 1.10. The Morgan fingerprint density at radius 1 is 1.50 bits per heavy atom. The number of fused-ring (bicyclic) bond motifs is 1. The van der Waals surface area contributed by atoms with E-state index >= 15 is 0 Å². The molecule has 0 fully saturated rings. The van der Waals surface area contributed by atoms with Gasteiger partial charge in [-0.1, -0.05) is 6.07 Å². The molecule has 0 atom stereocenters. The van der Waals surface area contributed by atoms with Gasteiger partial charge in [-0.2, -0.15) is 0 Å². The molecule has 0 saturated carbocycles. The van der Waals surface area contributed by atoms with Crippen molar-refractivity contribution in [2.24, 2.45) is 0 Å². The maximum Gasteiger partial charge on any atom is 0.412 e. The molecule has 1 N–H and O–H groups in total. The fraction of sp³-hybridized carbons (Fsp3) is 0.125. The summed E-state index contributed by atoms with van der Waals surface area (Å²) >= 11 is 0. The first kappa shape index (κ1) is 7.09. The molecule has 0 aromatic heterocycles. The minimum atomic E-state index is -0.534. The lowest BCUT2D eigenvalue weighted by Gasteiger charge is -2.16. The average Bonchev–Trinajstić information content (AvgIpc) is 2.04. The summed E-state index contributed by atoms with van der Waals surface area (Å²) in [5.74, 6) is -0.0498. The molecule has 4 heteroatoms. The van der Waals surface area contributed by atoms with Crippen molar-refractivity contribution in [3.05, 3.63) is 29.6 Å². The van der Waals surface area contributed by atoms with E-state index in [4.69, 9.17) is 4.74 Å². The van der Waals surface area contributed by atoms with Gasteiger partial charge in [0.05, 0.1) is 6.54 Å². The topological polar surface area (TPSA) is 38.3 Å². The predicted molar refractivity (Wildman–Crippen MR) is 39.3 cm³/mol. The van der Waals surface area contributed by atoms with Gasteiger partial charge in [0.2, 0.25) is 0 Å². The monoisotopic (exact) mass is 167 g/mol. The molecular weight excluding hydrogens is 161 g/mol. The van der Waals surface area contributed by atoms with Gasteiger partial charge < -0.3 is 10.1 Å². The Balaban J connectivity index is 2.48. The van der Waals surface area contributed by atoms with Crippen LogP contribution in [0.5, 0.6) is 5.75 Å². The van der Waals surface area contributed by atoms with Crippen LogP contribution in [0.4, 0.5) is 9.18 Å². The maximum atomic E-state index is 13.0. The molecule has 1 heterocycles. The molecule has 1 aromatic carbocycles. The van der Waals surface area contributed by atoms with E-state index in [0.717, 1.165) is 0 Å². The standard InChI is InChI=1S/C8H6FNO2/c9-6-2-1-3-7-5(6)4-10-8(11)12-7/h1-3H,4H2,(H,10,11). The van der Waals surface area contributed by atoms with Crippen LogP contribution >= 0.6 is 0 Å². The number of ether oxygens (including phenoxy) is 1. The van der Waals surface area contributed by atoms with Crippen molar-refractivity contribution < 1.29 is 13.9 Å². The summed E-state index contributed by atoms with van der Waals surface area (Å²) in [7, 11) is 0. The molecule has 3 nitrogen and oxygen atoms in total. The first-order valence-corrected chi connectivity index (χ1v) is 3.50. The molecule has 0 aliphatic carbocycles. The Morgan fingerprint density at radius 2 is 2.33 bits per heavy atom. The smallest absolute Gasteiger partial charge is 0.410 e. The number of nitrogens with one attached hydrogen (secondary N) is 1. The number of hydrogen-bond donors (Lipinski definition) is 1. The molecule has 12 heavy (non-hydrogen) atoms. The molecule has 1 aromatic rings. The highest BCUT2D eigenvalue weighted by Gasteiger charge is 2.18. The van der Waals surface area contributed by atoms with E-state index in [-0.39, 0.29) is 12.4 Å². The molecule has 2 rings (SSSR count). The second-order valence-corrected chi connectivity index (χ2v) is 2.46. The SMILES string of the molecule is O=C1NCc2c(F)cccc2O1. The number of halogens is 1. The van der Waals surface area contributed by atoms with Gasteiger partial charge in [-0.15, -0.1) is 0 Å². The number of hydrogen-bond acceptors (Lipinski definition) is 2. The van der Waals surface area contributed by atoms with Crippen LogP contribution in [0, 0.1) is 5.82 Å². The van der Waals surface area contributed by atoms with Crippen molar-refractivity contribution >= 4 is 6.09 Å². The third kappa shape index (κ3) is 1.01. The lowest BCUT2D eigenvalue weighted by molar-refractivity contribution is 0.194. The normalized spacial score (nSPS) is 14.6. The van der Waals surface area contributed by atoms with E-state index in [0.29, 0.717) is 11.3 Å². The van der Waals surface area contributed by atoms with Gasteiger partial charge >= 0.3 is 6.09 Å². The maximum absolute atomic E-state index is 13.0. The summed E-state index contributed by atoms with van der Waals surface area (Å²) in [5, 5.41) is 2.38. The van der Waals surface area contributed by atoms with Crippen molar-refractivity contribution in [3.8, 4) is 5.75 Å². The van der Waals surface area contributed by atoms with Crippen molar-refractivity contribution in [2.45, 2.75) is 6.54 Å². The summed E-state index contributed by atoms with van der Waals surface area (Å²) in [6, 6.07) is 4.41. The summed E-state index contributed by atoms with van der Waals surface area (Å²) in [6.07, 6.45) is -0.534. The van der Waals surface area contributed by atoms with Gasteiger partial charge in [0.1, 0.15) is 11.6 Å². The number of carbonyl (C=O) groups is 1. The van der Waals surface area contributed by atoms with Crippen LogP contribution in [0.25, 0.3) is 0 Å². The first-order valence-electron chi connectivity index (χ1n) is 3.50. The molecule has 0 radical (unpaired) electrons. The minimum absolute atomic E-state index is 0.195. The van der Waals surface area contributed by atoms with E-state index in [2.05, 4.69) is 5.32 Å². The Kier molecular flexibility index (Phi) is 1.46. The van der Waals surface area contributed by atoms with Crippen LogP contribution in [-0.4, -0.2) is 6.09 Å². The zero-order valence-corrected chi connectivity index (χ0v) is 6.13. The van der Waals surface area contributed by atoms with E-state index in [1.54, 1.807) is 6.07 Å². The number of rotatable bonds is 0. The second kappa shape index (κ2) is 2.48. The molecule has 62 valence electrons. The first-order chi connectivity index (χ1) is 5.77. The van der Waals surface area contributed by atoms with Gasteiger partial charge in [-0.05, 0) is 12.1 Å². The number of benzene rings is 1. The zero-order chi connectivity index (χ0) is 8.55. The highest BCUT2D eigenvalue weighted by molar-refractivity contribution is 5.72.